The first-order valence-electron chi connectivity index (χ1n) is 5.07. The van der Waals surface area contributed by atoms with Crippen LogP contribution in [0.15, 0.2) is 41.6 Å². The lowest BCUT2D eigenvalue weighted by Crippen LogP contribution is -2.14. The second kappa shape index (κ2) is 5.24. The topological polar surface area (TPSA) is 85.1 Å². The van der Waals surface area contributed by atoms with Crippen molar-refractivity contribution in [3.8, 4) is 0 Å². The Labute approximate surface area is 120 Å². The zero-order valence-corrected chi connectivity index (χ0v) is 11.8. The number of nitrogens with two attached hydrogens (primary N) is 1. The summed E-state index contributed by atoms with van der Waals surface area (Å²) in [5.74, 6) is 0. The summed E-state index contributed by atoms with van der Waals surface area (Å²) in [4.78, 5) is 3.58. The first-order chi connectivity index (χ1) is 8.90. The fraction of sp³-hybridized carbons (Fsp3) is 0. The number of aromatic nitrogens is 1. The van der Waals surface area contributed by atoms with Gasteiger partial charge in [-0.3, -0.25) is 9.71 Å². The van der Waals surface area contributed by atoms with Crippen molar-refractivity contribution in [3.63, 3.8) is 0 Å². The number of nitrogens with zero attached hydrogens (tertiary/aromatic N) is 1. The van der Waals surface area contributed by atoms with E-state index in [2.05, 4.69) is 9.71 Å². The summed E-state index contributed by atoms with van der Waals surface area (Å²) in [5.41, 5.74) is 6.18. The van der Waals surface area contributed by atoms with E-state index < -0.39 is 10.0 Å². The summed E-state index contributed by atoms with van der Waals surface area (Å²) in [6.07, 6.45) is 2.92. The van der Waals surface area contributed by atoms with Crippen molar-refractivity contribution in [2.24, 2.45) is 0 Å². The van der Waals surface area contributed by atoms with Crippen molar-refractivity contribution in [1.82, 2.24) is 4.98 Å². The number of hydrogen-bond acceptors (Lipinski definition) is 4. The van der Waals surface area contributed by atoms with Gasteiger partial charge in [-0.05, 0) is 24.3 Å². The lowest BCUT2D eigenvalue weighted by Gasteiger charge is -2.11. The molecule has 0 bridgehead atoms. The van der Waals surface area contributed by atoms with E-state index >= 15 is 0 Å². The van der Waals surface area contributed by atoms with Gasteiger partial charge in [0.1, 0.15) is 4.90 Å². The Kier molecular flexibility index (Phi) is 3.84. The summed E-state index contributed by atoms with van der Waals surface area (Å²) in [6.45, 7) is 0. The SMILES string of the molecule is Nc1cc(Cl)c(S(=O)(=O)Nc2ccncc2)c(Cl)c1. The van der Waals surface area contributed by atoms with Gasteiger partial charge >= 0.3 is 0 Å². The van der Waals surface area contributed by atoms with E-state index in [9.17, 15) is 8.42 Å². The summed E-state index contributed by atoms with van der Waals surface area (Å²) in [7, 11) is -3.89. The molecule has 2 aromatic rings. The van der Waals surface area contributed by atoms with Gasteiger partial charge in [0.05, 0.1) is 15.7 Å². The average Bonchev–Trinajstić information content (AvgIpc) is 2.27. The molecule has 100 valence electrons. The van der Waals surface area contributed by atoms with Crippen LogP contribution in [0.4, 0.5) is 11.4 Å². The molecule has 2 rings (SSSR count). The summed E-state index contributed by atoms with van der Waals surface area (Å²) < 4.78 is 26.8. The number of nitrogen functional groups attached to an aromatic ring is 1. The molecule has 19 heavy (non-hydrogen) atoms. The smallest absolute Gasteiger partial charge is 0.264 e. The molecular weight excluding hydrogens is 309 g/mol. The van der Waals surface area contributed by atoms with E-state index in [1.54, 1.807) is 0 Å². The molecule has 0 radical (unpaired) electrons. The van der Waals surface area contributed by atoms with Crippen LogP contribution in [0.1, 0.15) is 0 Å². The molecule has 0 fully saturated rings. The Morgan fingerprint density at radius 3 is 2.16 bits per heavy atom. The highest BCUT2D eigenvalue weighted by Gasteiger charge is 2.22. The lowest BCUT2D eigenvalue weighted by molar-refractivity contribution is 0.601. The Hall–Kier alpha value is -1.50. The summed E-state index contributed by atoms with van der Waals surface area (Å²) in [6, 6.07) is 5.68. The van der Waals surface area contributed by atoms with Gasteiger partial charge in [0, 0.05) is 18.1 Å². The molecule has 1 heterocycles. The van der Waals surface area contributed by atoms with Gasteiger partial charge in [0.25, 0.3) is 10.0 Å². The van der Waals surface area contributed by atoms with Crippen LogP contribution >= 0.6 is 23.2 Å². The first-order valence-corrected chi connectivity index (χ1v) is 7.31. The maximum absolute atomic E-state index is 12.2. The van der Waals surface area contributed by atoms with Crippen LogP contribution in [0.2, 0.25) is 10.0 Å². The van der Waals surface area contributed by atoms with Crippen LogP contribution in [0.5, 0.6) is 0 Å². The Morgan fingerprint density at radius 1 is 1.11 bits per heavy atom. The highest BCUT2D eigenvalue weighted by atomic mass is 35.5. The largest absolute Gasteiger partial charge is 0.399 e. The molecule has 0 amide bonds. The van der Waals surface area contributed by atoms with Gasteiger partial charge < -0.3 is 5.73 Å². The van der Waals surface area contributed by atoms with E-state index in [-0.39, 0.29) is 20.6 Å². The molecular formula is C11H9Cl2N3O2S. The van der Waals surface area contributed by atoms with Crippen molar-refractivity contribution >= 4 is 44.6 Å². The number of pyridine rings is 1. The third-order valence-electron chi connectivity index (χ3n) is 2.22. The monoisotopic (exact) mass is 317 g/mol. The van der Waals surface area contributed by atoms with Crippen LogP contribution < -0.4 is 10.5 Å². The molecule has 0 saturated carbocycles. The van der Waals surface area contributed by atoms with Crippen LogP contribution in [0.3, 0.4) is 0 Å². The molecule has 8 heteroatoms. The van der Waals surface area contributed by atoms with Crippen molar-refractivity contribution in [2.45, 2.75) is 4.90 Å². The molecule has 0 atom stereocenters. The van der Waals surface area contributed by atoms with Crippen molar-refractivity contribution in [1.29, 1.82) is 0 Å². The number of halogens is 2. The quantitative estimate of drug-likeness (QED) is 0.852. The molecule has 0 aliphatic heterocycles. The minimum absolute atomic E-state index is 0.0356. The fourth-order valence-electron chi connectivity index (χ4n) is 1.46. The van der Waals surface area contributed by atoms with E-state index in [4.69, 9.17) is 28.9 Å². The maximum atomic E-state index is 12.2. The highest BCUT2D eigenvalue weighted by molar-refractivity contribution is 7.93. The van der Waals surface area contributed by atoms with Crippen LogP contribution in [0, 0.1) is 0 Å². The third-order valence-corrected chi connectivity index (χ3v) is 4.52. The Bertz CT molecular complexity index is 682. The molecule has 0 unspecified atom stereocenters. The Balaban J connectivity index is 2.46. The number of hydrogen-bond donors (Lipinski definition) is 2. The predicted molar refractivity (Wildman–Crippen MR) is 75.9 cm³/mol. The molecule has 0 aliphatic rings. The van der Waals surface area contributed by atoms with Crippen molar-refractivity contribution < 1.29 is 8.42 Å². The lowest BCUT2D eigenvalue weighted by atomic mass is 10.3. The van der Waals surface area contributed by atoms with E-state index in [1.807, 2.05) is 0 Å². The number of sulfonamides is 1. The van der Waals surface area contributed by atoms with Gasteiger partial charge in [-0.25, -0.2) is 8.42 Å². The molecule has 5 nitrogen and oxygen atoms in total. The van der Waals surface area contributed by atoms with Crippen LogP contribution in [0.25, 0.3) is 0 Å². The number of nitrogens with one attached hydrogen (secondary N) is 1. The zero-order valence-electron chi connectivity index (χ0n) is 9.47. The first kappa shape index (κ1) is 13.9. The van der Waals surface area contributed by atoms with Gasteiger partial charge in [0.2, 0.25) is 0 Å². The van der Waals surface area contributed by atoms with E-state index in [0.29, 0.717) is 5.69 Å². The molecule has 1 aromatic heterocycles. The van der Waals surface area contributed by atoms with Gasteiger partial charge in [-0.1, -0.05) is 23.2 Å². The summed E-state index contributed by atoms with van der Waals surface area (Å²) in [5, 5.41) is -0.0712. The predicted octanol–water partition coefficient (Wildman–Crippen LogP) is 2.77. The average molecular weight is 318 g/mol. The third kappa shape index (κ3) is 3.09. The van der Waals surface area contributed by atoms with Crippen LogP contribution in [-0.4, -0.2) is 13.4 Å². The second-order valence-electron chi connectivity index (χ2n) is 3.66. The number of anilines is 2. The second-order valence-corrected chi connectivity index (χ2v) is 6.09. The van der Waals surface area contributed by atoms with Crippen molar-refractivity contribution in [2.75, 3.05) is 10.5 Å². The summed E-state index contributed by atoms with van der Waals surface area (Å²) >= 11 is 11.8. The maximum Gasteiger partial charge on any atom is 0.264 e. The highest BCUT2D eigenvalue weighted by Crippen LogP contribution is 2.32. The number of rotatable bonds is 3. The zero-order chi connectivity index (χ0) is 14.0. The minimum Gasteiger partial charge on any atom is -0.399 e. The molecule has 1 aromatic carbocycles. The van der Waals surface area contributed by atoms with Crippen LogP contribution in [-0.2, 0) is 10.0 Å². The molecule has 0 aliphatic carbocycles. The van der Waals surface area contributed by atoms with Crippen molar-refractivity contribution in [3.05, 3.63) is 46.7 Å². The Morgan fingerprint density at radius 2 is 1.63 bits per heavy atom. The fourth-order valence-corrected chi connectivity index (χ4v) is 3.76. The van der Waals surface area contributed by atoms with E-state index in [1.165, 1.54) is 36.7 Å². The number of benzene rings is 1. The van der Waals surface area contributed by atoms with E-state index in [0.717, 1.165) is 0 Å². The standard InChI is InChI=1S/C11H9Cl2N3O2S/c12-9-5-7(14)6-10(13)11(9)19(17,18)16-8-1-3-15-4-2-8/h1-6H,14H2,(H,15,16). The van der Waals surface area contributed by atoms with Gasteiger partial charge in [0.15, 0.2) is 0 Å². The molecule has 0 saturated heterocycles. The molecule has 0 spiro atoms. The minimum atomic E-state index is -3.89. The molecule has 3 N–H and O–H groups in total. The van der Waals surface area contributed by atoms with Gasteiger partial charge in [-0.15, -0.1) is 0 Å². The van der Waals surface area contributed by atoms with Gasteiger partial charge in [-0.2, -0.15) is 0 Å². The normalized spacial score (nSPS) is 11.3.